The number of rotatable bonds is 1. The van der Waals surface area contributed by atoms with E-state index in [-0.39, 0.29) is 0 Å². The van der Waals surface area contributed by atoms with Gasteiger partial charge in [0.2, 0.25) is 0 Å². The van der Waals surface area contributed by atoms with Gasteiger partial charge in [0.1, 0.15) is 6.33 Å². The fourth-order valence-electron chi connectivity index (χ4n) is 1.07. The topological polar surface area (TPSA) is 43.6 Å². The first-order chi connectivity index (χ1) is 7.25. The molecule has 0 radical (unpaired) electrons. The van der Waals surface area contributed by atoms with Crippen LogP contribution in [0.25, 0.3) is 5.82 Å². The van der Waals surface area contributed by atoms with Crippen molar-refractivity contribution in [3.63, 3.8) is 0 Å². The molecule has 0 bridgehead atoms. The molecule has 0 amide bonds. The highest BCUT2D eigenvalue weighted by atomic mass is 15.1. The molecule has 2 aromatic heterocycles. The van der Waals surface area contributed by atoms with Gasteiger partial charge in [-0.15, -0.1) is 0 Å². The number of imidazole rings is 1. The van der Waals surface area contributed by atoms with Crippen LogP contribution in [-0.4, -0.2) is 19.5 Å². The lowest BCUT2D eigenvalue weighted by Crippen LogP contribution is -1.95. The number of hydrogen-bond acceptors (Lipinski definition) is 3. The van der Waals surface area contributed by atoms with Crippen LogP contribution in [0, 0.1) is 13.8 Å². The zero-order valence-corrected chi connectivity index (χ0v) is 9.60. The largest absolute Gasteiger partial charge is 0.289 e. The quantitative estimate of drug-likeness (QED) is 0.716. The van der Waals surface area contributed by atoms with Gasteiger partial charge in [0.05, 0.1) is 23.8 Å². The Morgan fingerprint density at radius 3 is 2.13 bits per heavy atom. The molecular weight excluding hydrogens is 188 g/mol. The monoisotopic (exact) mass is 204 g/mol. The Labute approximate surface area is 90.0 Å². The standard InChI is InChI=1S/C9H10N4.C2H6/c1-7-3-11-9(4-10-7)13-5-8(2)12-6-13;1-2/h3-6H,1-2H3;1-2H3. The summed E-state index contributed by atoms with van der Waals surface area (Å²) in [7, 11) is 0. The van der Waals surface area contributed by atoms with Crippen LogP contribution in [0.15, 0.2) is 24.9 Å². The minimum atomic E-state index is 0.797. The van der Waals surface area contributed by atoms with Crippen LogP contribution in [-0.2, 0) is 0 Å². The third-order valence-corrected chi connectivity index (χ3v) is 1.74. The van der Waals surface area contributed by atoms with Crippen LogP contribution in [0.4, 0.5) is 0 Å². The summed E-state index contributed by atoms with van der Waals surface area (Å²) >= 11 is 0. The molecule has 2 aromatic rings. The van der Waals surface area contributed by atoms with Gasteiger partial charge in [0.15, 0.2) is 5.82 Å². The Morgan fingerprint density at radius 2 is 1.67 bits per heavy atom. The van der Waals surface area contributed by atoms with Gasteiger partial charge in [0, 0.05) is 6.20 Å². The molecule has 2 rings (SSSR count). The van der Waals surface area contributed by atoms with E-state index >= 15 is 0 Å². The molecule has 0 unspecified atom stereocenters. The van der Waals surface area contributed by atoms with Crippen LogP contribution in [0.2, 0.25) is 0 Å². The summed E-state index contributed by atoms with van der Waals surface area (Å²) in [5.41, 5.74) is 1.89. The highest BCUT2D eigenvalue weighted by Crippen LogP contribution is 2.03. The molecule has 0 saturated carbocycles. The second-order valence-electron chi connectivity index (χ2n) is 2.94. The zero-order valence-electron chi connectivity index (χ0n) is 9.60. The van der Waals surface area contributed by atoms with Gasteiger partial charge in [-0.3, -0.25) is 9.55 Å². The van der Waals surface area contributed by atoms with Gasteiger partial charge < -0.3 is 0 Å². The lowest BCUT2D eigenvalue weighted by Gasteiger charge is -1.98. The molecule has 0 aliphatic rings. The minimum absolute atomic E-state index is 0.797. The van der Waals surface area contributed by atoms with Crippen molar-refractivity contribution in [3.8, 4) is 5.82 Å². The van der Waals surface area contributed by atoms with E-state index < -0.39 is 0 Å². The number of aryl methyl sites for hydroxylation is 2. The molecule has 0 fully saturated rings. The van der Waals surface area contributed by atoms with E-state index in [1.54, 1.807) is 18.7 Å². The smallest absolute Gasteiger partial charge is 0.156 e. The predicted octanol–water partition coefficient (Wildman–Crippen LogP) is 2.31. The van der Waals surface area contributed by atoms with Crippen LogP contribution in [0.5, 0.6) is 0 Å². The maximum Gasteiger partial charge on any atom is 0.156 e. The van der Waals surface area contributed by atoms with E-state index in [1.165, 1.54) is 0 Å². The van der Waals surface area contributed by atoms with E-state index in [0.29, 0.717) is 0 Å². The average Bonchev–Trinajstić information content (AvgIpc) is 2.69. The lowest BCUT2D eigenvalue weighted by molar-refractivity contribution is 0.956. The number of hydrogen-bond donors (Lipinski definition) is 0. The van der Waals surface area contributed by atoms with Crippen molar-refractivity contribution in [1.82, 2.24) is 19.5 Å². The first-order valence-electron chi connectivity index (χ1n) is 5.05. The molecule has 0 aromatic carbocycles. The minimum Gasteiger partial charge on any atom is -0.289 e. The summed E-state index contributed by atoms with van der Waals surface area (Å²) < 4.78 is 1.85. The molecule has 4 heteroatoms. The third kappa shape index (κ3) is 2.87. The maximum atomic E-state index is 4.22. The summed E-state index contributed by atoms with van der Waals surface area (Å²) in [5.74, 6) is 0.797. The van der Waals surface area contributed by atoms with E-state index in [9.17, 15) is 0 Å². The Morgan fingerprint density at radius 1 is 0.933 bits per heavy atom. The van der Waals surface area contributed by atoms with Gasteiger partial charge in [-0.2, -0.15) is 0 Å². The maximum absolute atomic E-state index is 4.22. The molecule has 0 aliphatic heterocycles. The second kappa shape index (κ2) is 5.24. The average molecular weight is 204 g/mol. The molecule has 80 valence electrons. The van der Waals surface area contributed by atoms with Crippen molar-refractivity contribution < 1.29 is 0 Å². The van der Waals surface area contributed by atoms with Crippen LogP contribution in [0.3, 0.4) is 0 Å². The predicted molar refractivity (Wildman–Crippen MR) is 60.0 cm³/mol. The van der Waals surface area contributed by atoms with Gasteiger partial charge >= 0.3 is 0 Å². The van der Waals surface area contributed by atoms with Crippen molar-refractivity contribution in [2.45, 2.75) is 27.7 Å². The molecule has 2 heterocycles. The Balaban J connectivity index is 0.000000531. The fourth-order valence-corrected chi connectivity index (χ4v) is 1.07. The molecule has 4 nitrogen and oxygen atoms in total. The highest BCUT2D eigenvalue weighted by molar-refractivity contribution is 5.19. The molecule has 0 atom stereocenters. The summed E-state index contributed by atoms with van der Waals surface area (Å²) in [5, 5.41) is 0. The molecule has 0 aliphatic carbocycles. The zero-order chi connectivity index (χ0) is 11.3. The first-order valence-corrected chi connectivity index (χ1v) is 5.05. The van der Waals surface area contributed by atoms with Crippen molar-refractivity contribution in [2.75, 3.05) is 0 Å². The van der Waals surface area contributed by atoms with Crippen LogP contribution in [0.1, 0.15) is 25.2 Å². The van der Waals surface area contributed by atoms with Crippen LogP contribution < -0.4 is 0 Å². The van der Waals surface area contributed by atoms with E-state index in [4.69, 9.17) is 0 Å². The van der Waals surface area contributed by atoms with E-state index in [2.05, 4.69) is 15.0 Å². The fraction of sp³-hybridized carbons (Fsp3) is 0.364. The first kappa shape index (κ1) is 11.4. The van der Waals surface area contributed by atoms with Gasteiger partial charge in [-0.1, -0.05) is 13.8 Å². The Hall–Kier alpha value is -1.71. The lowest BCUT2D eigenvalue weighted by atomic mass is 10.5. The normalized spacial score (nSPS) is 9.33. The second-order valence-corrected chi connectivity index (χ2v) is 2.94. The Bertz CT molecular complexity index is 403. The number of nitrogens with zero attached hydrogens (tertiary/aromatic N) is 4. The Kier molecular flexibility index (Phi) is 3.97. The molecule has 0 saturated heterocycles. The molecule has 15 heavy (non-hydrogen) atoms. The molecule has 0 spiro atoms. The number of aromatic nitrogens is 4. The summed E-state index contributed by atoms with van der Waals surface area (Å²) in [6.45, 7) is 7.86. The van der Waals surface area contributed by atoms with Crippen molar-refractivity contribution >= 4 is 0 Å². The van der Waals surface area contributed by atoms with Gasteiger partial charge in [-0.25, -0.2) is 9.97 Å². The third-order valence-electron chi connectivity index (χ3n) is 1.74. The van der Waals surface area contributed by atoms with Crippen LogP contribution >= 0.6 is 0 Å². The summed E-state index contributed by atoms with van der Waals surface area (Å²) in [6.07, 6.45) is 7.12. The SMILES string of the molecule is CC.Cc1cnc(-n2cnc(C)c2)cn1. The molecular formula is C11H16N4. The van der Waals surface area contributed by atoms with Crippen molar-refractivity contribution in [2.24, 2.45) is 0 Å². The molecule has 0 N–H and O–H groups in total. The summed E-state index contributed by atoms with van der Waals surface area (Å²) in [6, 6.07) is 0. The highest BCUT2D eigenvalue weighted by Gasteiger charge is 1.98. The van der Waals surface area contributed by atoms with Gasteiger partial charge in [-0.05, 0) is 13.8 Å². The van der Waals surface area contributed by atoms with Gasteiger partial charge in [0.25, 0.3) is 0 Å². The van der Waals surface area contributed by atoms with E-state index in [1.807, 2.05) is 38.5 Å². The summed E-state index contributed by atoms with van der Waals surface area (Å²) in [4.78, 5) is 12.5. The van der Waals surface area contributed by atoms with E-state index in [0.717, 1.165) is 17.2 Å². The van der Waals surface area contributed by atoms with Crippen molar-refractivity contribution in [3.05, 3.63) is 36.3 Å². The van der Waals surface area contributed by atoms with Crippen molar-refractivity contribution in [1.29, 1.82) is 0 Å².